The molecular weight excluding hydrogens is 542 g/mol. The molecule has 0 radical (unpaired) electrons. The summed E-state index contributed by atoms with van der Waals surface area (Å²) in [6.07, 6.45) is -3.40. The molecule has 0 amide bonds. The van der Waals surface area contributed by atoms with Crippen LogP contribution in [0.5, 0.6) is 0 Å². The molecule has 3 N–H and O–H groups in total. The van der Waals surface area contributed by atoms with Crippen molar-refractivity contribution in [2.24, 2.45) is 0 Å². The number of ether oxygens (including phenoxy) is 1. The van der Waals surface area contributed by atoms with Crippen LogP contribution in [0, 0.1) is 5.82 Å². The number of nitrogens with one attached hydrogen (secondary N) is 1. The summed E-state index contributed by atoms with van der Waals surface area (Å²) in [5.74, 6) is -1.53. The first kappa shape index (κ1) is 27.8. The average Bonchev–Trinajstić information content (AvgIpc) is 3.26. The Bertz CT molecular complexity index is 1900. The largest absolute Gasteiger partial charge is 0.461 e. The van der Waals surface area contributed by atoms with Crippen molar-refractivity contribution < 1.29 is 27.1 Å². The predicted octanol–water partition coefficient (Wildman–Crippen LogP) is 6.03. The van der Waals surface area contributed by atoms with Crippen molar-refractivity contribution in [2.45, 2.75) is 45.9 Å². The van der Waals surface area contributed by atoms with Crippen LogP contribution >= 0.6 is 0 Å². The maximum Gasteiger partial charge on any atom is 0.418 e. The van der Waals surface area contributed by atoms with Gasteiger partial charge in [-0.25, -0.2) is 4.39 Å². The molecule has 0 atom stereocenters. The Morgan fingerprint density at radius 1 is 1.12 bits per heavy atom. The van der Waals surface area contributed by atoms with Gasteiger partial charge in [0.2, 0.25) is 0 Å². The Kier molecular flexibility index (Phi) is 6.59. The van der Waals surface area contributed by atoms with Gasteiger partial charge < -0.3 is 10.5 Å². The van der Waals surface area contributed by atoms with Crippen LogP contribution in [0.25, 0.3) is 38.5 Å². The fraction of sp³-hybridized carbons (Fsp3) is 0.241. The quantitative estimate of drug-likeness (QED) is 0.202. The number of alkyl halides is 3. The van der Waals surface area contributed by atoms with E-state index in [4.69, 9.17) is 10.5 Å². The number of hydrogen-bond acceptors (Lipinski definition) is 6. The number of nitrogens with two attached hydrogens (primary N) is 1. The van der Waals surface area contributed by atoms with Crippen LogP contribution in [0.2, 0.25) is 0 Å². The first-order valence-electron chi connectivity index (χ1n) is 12.5. The molecule has 0 saturated carbocycles. The van der Waals surface area contributed by atoms with Crippen LogP contribution in [0.1, 0.15) is 44.4 Å². The van der Waals surface area contributed by atoms with Crippen LogP contribution in [0.15, 0.2) is 53.5 Å². The number of nitrogens with zero attached hydrogens (tertiary/aromatic N) is 3. The smallest absolute Gasteiger partial charge is 0.418 e. The molecule has 41 heavy (non-hydrogen) atoms. The zero-order valence-electron chi connectivity index (χ0n) is 22.5. The highest BCUT2D eigenvalue weighted by molar-refractivity contribution is 5.95. The molecule has 8 nitrogen and oxygen atoms in total. The van der Waals surface area contributed by atoms with Crippen LogP contribution in [-0.4, -0.2) is 25.9 Å². The second kappa shape index (κ2) is 9.72. The highest BCUT2D eigenvalue weighted by Crippen LogP contribution is 2.40. The molecule has 0 saturated heterocycles. The molecule has 0 fully saturated rings. The predicted molar refractivity (Wildman–Crippen MR) is 146 cm³/mol. The zero-order valence-corrected chi connectivity index (χ0v) is 22.5. The lowest BCUT2D eigenvalue weighted by atomic mass is 9.86. The second-order valence-corrected chi connectivity index (χ2v) is 10.7. The van der Waals surface area contributed by atoms with Gasteiger partial charge in [-0.2, -0.15) is 28.1 Å². The number of anilines is 1. The molecule has 0 aliphatic rings. The summed E-state index contributed by atoms with van der Waals surface area (Å²) in [5, 5.41) is 10.4. The number of fused-ring (bicyclic) bond motifs is 2. The first-order chi connectivity index (χ1) is 19.2. The van der Waals surface area contributed by atoms with E-state index < -0.39 is 35.7 Å². The van der Waals surface area contributed by atoms with E-state index in [1.54, 1.807) is 6.07 Å². The van der Waals surface area contributed by atoms with Crippen LogP contribution < -0.4 is 11.3 Å². The normalized spacial score (nSPS) is 12.3. The van der Waals surface area contributed by atoms with Crippen molar-refractivity contribution in [3.63, 3.8) is 0 Å². The number of rotatable bonds is 4. The van der Waals surface area contributed by atoms with Gasteiger partial charge in [0, 0.05) is 23.3 Å². The summed E-state index contributed by atoms with van der Waals surface area (Å²) in [7, 11) is 0. The lowest BCUT2D eigenvalue weighted by Crippen LogP contribution is -2.24. The fourth-order valence-corrected chi connectivity index (χ4v) is 4.73. The lowest BCUT2D eigenvalue weighted by molar-refractivity contribution is -0.142. The first-order valence-corrected chi connectivity index (χ1v) is 12.5. The molecule has 212 valence electrons. The van der Waals surface area contributed by atoms with Gasteiger partial charge in [-0.05, 0) is 52.4 Å². The molecule has 5 rings (SSSR count). The van der Waals surface area contributed by atoms with Gasteiger partial charge in [-0.15, -0.1) is 0 Å². The van der Waals surface area contributed by atoms with Gasteiger partial charge in [0.25, 0.3) is 5.56 Å². The molecule has 5 aromatic rings. The number of nitrogen functional groups attached to an aromatic ring is 1. The van der Waals surface area contributed by atoms with Crippen molar-refractivity contribution in [2.75, 3.05) is 5.73 Å². The molecule has 0 unspecified atom stereocenters. The number of aromatic nitrogens is 4. The number of aromatic amines is 1. The Balaban J connectivity index is 1.78. The number of halogens is 4. The van der Waals surface area contributed by atoms with Gasteiger partial charge in [0.1, 0.15) is 12.4 Å². The van der Waals surface area contributed by atoms with E-state index in [0.717, 1.165) is 10.7 Å². The molecule has 2 aromatic heterocycles. The standard InChI is InChI=1S/C29H25F4N5O3/c1-14(39)41-13-20-18(15-9-19-25(36-37-26(19)34)21(10-15)29(31,32)33)6-5-7-23(20)38-27(40)24-16(12-35-38)8-17(11-22(24)30)28(2,3)4/h5-12H,13H2,1-4H3,(H3,34,36,37). The summed E-state index contributed by atoms with van der Waals surface area (Å²) < 4.78 is 63.5. The van der Waals surface area contributed by atoms with E-state index in [2.05, 4.69) is 15.3 Å². The molecule has 2 heterocycles. The number of hydrogen-bond donors (Lipinski definition) is 2. The topological polar surface area (TPSA) is 116 Å². The molecule has 0 aliphatic carbocycles. The summed E-state index contributed by atoms with van der Waals surface area (Å²) in [6.45, 7) is 6.50. The Morgan fingerprint density at radius 3 is 2.51 bits per heavy atom. The molecule has 12 heteroatoms. The molecule has 3 aromatic carbocycles. The third kappa shape index (κ3) is 5.01. The summed E-state index contributed by atoms with van der Waals surface area (Å²) in [5.41, 5.74) is 4.64. The number of H-pyrrole nitrogens is 1. The van der Waals surface area contributed by atoms with E-state index in [9.17, 15) is 22.8 Å². The highest BCUT2D eigenvalue weighted by Gasteiger charge is 2.35. The molecular formula is C29H25F4N5O3. The highest BCUT2D eigenvalue weighted by atomic mass is 19.4. The maximum absolute atomic E-state index is 15.3. The summed E-state index contributed by atoms with van der Waals surface area (Å²) in [6, 6.07) is 9.84. The lowest BCUT2D eigenvalue weighted by Gasteiger charge is -2.20. The van der Waals surface area contributed by atoms with Crippen molar-refractivity contribution in [1.82, 2.24) is 20.0 Å². The minimum atomic E-state index is -4.75. The van der Waals surface area contributed by atoms with Crippen molar-refractivity contribution >= 4 is 33.5 Å². The Hall–Kier alpha value is -4.74. The van der Waals surface area contributed by atoms with E-state index >= 15 is 4.39 Å². The Labute approximate surface area is 230 Å². The fourth-order valence-electron chi connectivity index (χ4n) is 4.73. The summed E-state index contributed by atoms with van der Waals surface area (Å²) in [4.78, 5) is 25.3. The number of esters is 1. The van der Waals surface area contributed by atoms with Crippen LogP contribution in [0.4, 0.5) is 23.4 Å². The van der Waals surface area contributed by atoms with E-state index in [0.29, 0.717) is 10.9 Å². The monoisotopic (exact) mass is 567 g/mol. The van der Waals surface area contributed by atoms with E-state index in [1.807, 2.05) is 20.8 Å². The van der Waals surface area contributed by atoms with Crippen LogP contribution in [-0.2, 0) is 27.7 Å². The minimum absolute atomic E-state index is 0.0383. The average molecular weight is 568 g/mol. The number of carbonyl (C=O) groups is 1. The van der Waals surface area contributed by atoms with Gasteiger partial charge >= 0.3 is 12.1 Å². The summed E-state index contributed by atoms with van der Waals surface area (Å²) >= 11 is 0. The molecule has 0 spiro atoms. The molecule has 0 bridgehead atoms. The van der Waals surface area contributed by atoms with E-state index in [-0.39, 0.29) is 49.9 Å². The van der Waals surface area contributed by atoms with Gasteiger partial charge in [0.15, 0.2) is 5.82 Å². The van der Waals surface area contributed by atoms with Crippen molar-refractivity contribution in [3.05, 3.63) is 81.5 Å². The number of benzene rings is 3. The van der Waals surface area contributed by atoms with Crippen molar-refractivity contribution in [1.29, 1.82) is 0 Å². The third-order valence-corrected chi connectivity index (χ3v) is 6.82. The third-order valence-electron chi connectivity index (χ3n) is 6.82. The minimum Gasteiger partial charge on any atom is -0.461 e. The molecule has 0 aliphatic heterocycles. The van der Waals surface area contributed by atoms with Crippen LogP contribution in [0.3, 0.4) is 0 Å². The van der Waals surface area contributed by atoms with Gasteiger partial charge in [-0.1, -0.05) is 32.9 Å². The number of carbonyl (C=O) groups excluding carboxylic acids is 1. The second-order valence-electron chi connectivity index (χ2n) is 10.7. The van der Waals surface area contributed by atoms with Crippen molar-refractivity contribution in [3.8, 4) is 16.8 Å². The van der Waals surface area contributed by atoms with E-state index in [1.165, 1.54) is 43.5 Å². The SMILES string of the molecule is CC(=O)OCc1c(-c2cc(C(F)(F)F)c3[nH]nc(N)c3c2)cccc1-n1ncc2cc(C(C)(C)C)cc(F)c2c1=O. The zero-order chi connectivity index (χ0) is 29.9. The van der Waals surface area contributed by atoms with Gasteiger partial charge in [-0.3, -0.25) is 14.7 Å². The maximum atomic E-state index is 15.3. The van der Waals surface area contributed by atoms with Gasteiger partial charge in [0.05, 0.1) is 28.4 Å². The Morgan fingerprint density at radius 2 is 1.85 bits per heavy atom.